The Morgan fingerprint density at radius 3 is 2.53 bits per heavy atom. The highest BCUT2D eigenvalue weighted by molar-refractivity contribution is 5.94. The third kappa shape index (κ3) is 5.17. The van der Waals surface area contributed by atoms with Gasteiger partial charge in [0.25, 0.3) is 0 Å². The third-order valence-electron chi connectivity index (χ3n) is 5.37. The molecule has 1 aliphatic heterocycles. The van der Waals surface area contributed by atoms with Gasteiger partial charge in [-0.15, -0.1) is 5.10 Å². The molecule has 1 aromatic heterocycles. The summed E-state index contributed by atoms with van der Waals surface area (Å²) in [5, 5.41) is 9.50. The smallest absolute Gasteiger partial charge is 0.248 e. The number of hydrogen-bond acceptors (Lipinski definition) is 7. The monoisotopic (exact) mass is 463 g/mol. The summed E-state index contributed by atoms with van der Waals surface area (Å²) in [5.41, 5.74) is 2.63. The van der Waals surface area contributed by atoms with E-state index in [-0.39, 0.29) is 24.8 Å². The summed E-state index contributed by atoms with van der Waals surface area (Å²) in [6, 6.07) is 11.2. The largest absolute Gasteiger partial charge is 0.497 e. The molecule has 10 heteroatoms. The molecule has 0 saturated carbocycles. The minimum atomic E-state index is -0.408. The van der Waals surface area contributed by atoms with Crippen molar-refractivity contribution >= 4 is 23.8 Å². The fourth-order valence-corrected chi connectivity index (χ4v) is 3.59. The number of aromatic amines is 1. The van der Waals surface area contributed by atoms with E-state index < -0.39 is 5.91 Å². The first kappa shape index (κ1) is 22.8. The van der Waals surface area contributed by atoms with Crippen LogP contribution in [0.5, 0.6) is 17.2 Å². The van der Waals surface area contributed by atoms with Gasteiger partial charge in [0, 0.05) is 12.6 Å². The van der Waals surface area contributed by atoms with Crippen molar-refractivity contribution in [2.75, 3.05) is 33.2 Å². The molecular weight excluding hydrogens is 438 g/mol. The number of carbonyl (C=O) groups is 2. The summed E-state index contributed by atoms with van der Waals surface area (Å²) >= 11 is 0. The van der Waals surface area contributed by atoms with E-state index in [1.807, 2.05) is 24.3 Å². The molecule has 0 fully saturated rings. The number of ether oxygens (including phenoxy) is 3. The van der Waals surface area contributed by atoms with Crippen molar-refractivity contribution in [1.29, 1.82) is 0 Å². The molecule has 0 bridgehead atoms. The molecule has 34 heavy (non-hydrogen) atoms. The maximum atomic E-state index is 12.7. The van der Waals surface area contributed by atoms with Crippen molar-refractivity contribution in [3.05, 3.63) is 65.1 Å². The molecule has 0 saturated heterocycles. The zero-order chi connectivity index (χ0) is 24.1. The van der Waals surface area contributed by atoms with E-state index >= 15 is 0 Å². The van der Waals surface area contributed by atoms with Crippen LogP contribution in [0.25, 0.3) is 6.08 Å². The number of fused-ring (bicyclic) bond motifs is 1. The molecule has 1 aliphatic rings. The van der Waals surface area contributed by atoms with Crippen LogP contribution >= 0.6 is 0 Å². The van der Waals surface area contributed by atoms with E-state index in [9.17, 15) is 9.59 Å². The maximum absolute atomic E-state index is 12.7. The molecule has 0 unspecified atom stereocenters. The summed E-state index contributed by atoms with van der Waals surface area (Å²) < 4.78 is 15.8. The fourth-order valence-electron chi connectivity index (χ4n) is 3.59. The van der Waals surface area contributed by atoms with Crippen molar-refractivity contribution in [3.8, 4) is 17.2 Å². The Hall–Kier alpha value is -4.34. The number of aromatic nitrogens is 3. The zero-order valence-corrected chi connectivity index (χ0v) is 19.1. The number of carbonyl (C=O) groups excluding carboxylic acids is 2. The average Bonchev–Trinajstić information content (AvgIpc) is 3.22. The predicted octanol–water partition coefficient (Wildman–Crippen LogP) is 2.42. The lowest BCUT2D eigenvalue weighted by atomic mass is 10.0. The lowest BCUT2D eigenvalue weighted by molar-refractivity contribution is -0.131. The summed E-state index contributed by atoms with van der Waals surface area (Å²) in [4.78, 5) is 31.0. The van der Waals surface area contributed by atoms with Gasteiger partial charge >= 0.3 is 0 Å². The number of benzene rings is 2. The van der Waals surface area contributed by atoms with Crippen LogP contribution < -0.4 is 19.5 Å². The van der Waals surface area contributed by atoms with E-state index in [0.29, 0.717) is 23.7 Å². The first-order valence-electron chi connectivity index (χ1n) is 10.6. The molecule has 10 nitrogen and oxygen atoms in total. The van der Waals surface area contributed by atoms with Crippen LogP contribution in [0.4, 0.5) is 5.95 Å². The van der Waals surface area contributed by atoms with Crippen molar-refractivity contribution < 1.29 is 23.8 Å². The number of amides is 2. The van der Waals surface area contributed by atoms with Gasteiger partial charge in [-0.2, -0.15) is 4.98 Å². The van der Waals surface area contributed by atoms with Gasteiger partial charge in [-0.05, 0) is 47.0 Å². The molecule has 3 aromatic rings. The average molecular weight is 463 g/mol. The second kappa shape index (κ2) is 10.1. The number of hydrogen-bond donors (Lipinski definition) is 2. The van der Waals surface area contributed by atoms with Gasteiger partial charge in [0.15, 0.2) is 11.5 Å². The van der Waals surface area contributed by atoms with Crippen LogP contribution in [-0.2, 0) is 22.4 Å². The standard InChI is InChI=1S/C24H25N5O5/c1-32-18-6-4-15(5-7-18)10-21-25-24(28-27-21)26-22(30)14-29-9-8-16-11-19(33-2)20(34-3)12-17(16)13-23(29)31/h4-9,11-12H,10,13-14H2,1-3H3,(H2,25,26,27,28,30). The van der Waals surface area contributed by atoms with Gasteiger partial charge in [-0.3, -0.25) is 20.0 Å². The van der Waals surface area contributed by atoms with Crippen molar-refractivity contribution in [2.45, 2.75) is 12.8 Å². The van der Waals surface area contributed by atoms with Crippen LogP contribution in [0.15, 0.2) is 42.6 Å². The first-order valence-corrected chi connectivity index (χ1v) is 10.6. The van der Waals surface area contributed by atoms with E-state index in [2.05, 4.69) is 20.5 Å². The van der Waals surface area contributed by atoms with Crippen LogP contribution in [0.1, 0.15) is 22.5 Å². The highest BCUT2D eigenvalue weighted by Gasteiger charge is 2.22. The van der Waals surface area contributed by atoms with Gasteiger partial charge in [0.05, 0.1) is 27.8 Å². The Morgan fingerprint density at radius 2 is 1.82 bits per heavy atom. The van der Waals surface area contributed by atoms with Gasteiger partial charge < -0.3 is 19.1 Å². The Kier molecular flexibility index (Phi) is 6.77. The summed E-state index contributed by atoms with van der Waals surface area (Å²) in [7, 11) is 4.71. The van der Waals surface area contributed by atoms with Gasteiger partial charge in [0.2, 0.25) is 17.8 Å². The van der Waals surface area contributed by atoms with Crippen molar-refractivity contribution in [1.82, 2.24) is 20.1 Å². The summed E-state index contributed by atoms with van der Waals surface area (Å²) in [5.74, 6) is 2.01. The second-order valence-corrected chi connectivity index (χ2v) is 7.60. The quantitative estimate of drug-likeness (QED) is 0.527. The van der Waals surface area contributed by atoms with E-state index in [4.69, 9.17) is 14.2 Å². The molecule has 0 atom stereocenters. The Labute approximate surface area is 196 Å². The Morgan fingerprint density at radius 1 is 1.09 bits per heavy atom. The van der Waals surface area contributed by atoms with Crippen molar-refractivity contribution in [2.24, 2.45) is 0 Å². The number of nitrogens with one attached hydrogen (secondary N) is 2. The number of methoxy groups -OCH3 is 3. The van der Waals surface area contributed by atoms with Crippen molar-refractivity contribution in [3.63, 3.8) is 0 Å². The SMILES string of the molecule is COc1ccc(Cc2nc(NC(=O)CN3C=Cc4cc(OC)c(OC)cc4CC3=O)n[nH]2)cc1. The van der Waals surface area contributed by atoms with Gasteiger partial charge in [0.1, 0.15) is 18.1 Å². The zero-order valence-electron chi connectivity index (χ0n) is 19.1. The minimum absolute atomic E-state index is 0.128. The second-order valence-electron chi connectivity index (χ2n) is 7.60. The highest BCUT2D eigenvalue weighted by atomic mass is 16.5. The molecule has 2 heterocycles. The maximum Gasteiger partial charge on any atom is 0.248 e. The topological polar surface area (TPSA) is 119 Å². The molecule has 2 amide bonds. The van der Waals surface area contributed by atoms with Crippen LogP contribution in [0.3, 0.4) is 0 Å². The van der Waals surface area contributed by atoms with Gasteiger partial charge in [-0.25, -0.2) is 0 Å². The molecule has 2 N–H and O–H groups in total. The van der Waals surface area contributed by atoms with Crippen LogP contribution in [0.2, 0.25) is 0 Å². The molecule has 4 rings (SSSR count). The Bertz CT molecular complexity index is 1220. The Balaban J connectivity index is 1.38. The highest BCUT2D eigenvalue weighted by Crippen LogP contribution is 2.32. The molecule has 0 radical (unpaired) electrons. The first-order chi connectivity index (χ1) is 16.5. The van der Waals surface area contributed by atoms with E-state index in [0.717, 1.165) is 22.4 Å². The molecule has 176 valence electrons. The number of anilines is 1. The number of H-pyrrole nitrogens is 1. The normalized spacial score (nSPS) is 12.7. The molecular formula is C24H25N5O5. The summed E-state index contributed by atoms with van der Waals surface area (Å²) in [6.45, 7) is -0.167. The fraction of sp³-hybridized carbons (Fsp3) is 0.250. The third-order valence-corrected chi connectivity index (χ3v) is 5.37. The lowest BCUT2D eigenvalue weighted by Crippen LogP contribution is -2.34. The summed E-state index contributed by atoms with van der Waals surface area (Å²) in [6.07, 6.45) is 4.01. The lowest BCUT2D eigenvalue weighted by Gasteiger charge is -2.16. The van der Waals surface area contributed by atoms with Gasteiger partial charge in [-0.1, -0.05) is 12.1 Å². The molecule has 0 aliphatic carbocycles. The minimum Gasteiger partial charge on any atom is -0.497 e. The van der Waals surface area contributed by atoms with Crippen LogP contribution in [0, 0.1) is 0 Å². The van der Waals surface area contributed by atoms with Crippen LogP contribution in [-0.4, -0.2) is 59.8 Å². The van der Waals surface area contributed by atoms with E-state index in [1.54, 1.807) is 45.7 Å². The molecule has 0 spiro atoms. The van der Waals surface area contributed by atoms with E-state index in [1.165, 1.54) is 4.90 Å². The predicted molar refractivity (Wildman–Crippen MR) is 125 cm³/mol. The number of nitrogens with zero attached hydrogens (tertiary/aromatic N) is 3. The molecule has 2 aromatic carbocycles. The number of rotatable bonds is 8.